The summed E-state index contributed by atoms with van der Waals surface area (Å²) in [6, 6.07) is 17.7. The first-order valence-electron chi connectivity index (χ1n) is 9.37. The number of hydrogen-bond acceptors (Lipinski definition) is 4. The van der Waals surface area contributed by atoms with Gasteiger partial charge in [0.2, 0.25) is 0 Å². The van der Waals surface area contributed by atoms with Crippen molar-refractivity contribution in [2.45, 2.75) is 24.8 Å². The topological polar surface area (TPSA) is 54.3 Å². The fraction of sp³-hybridized carbons (Fsp3) is 0.174. The van der Waals surface area contributed by atoms with Gasteiger partial charge in [-0.05, 0) is 54.3 Å². The summed E-state index contributed by atoms with van der Waals surface area (Å²) < 4.78 is 19.0. The zero-order valence-corrected chi connectivity index (χ0v) is 15.1. The fourth-order valence-electron chi connectivity index (χ4n) is 4.13. The van der Waals surface area contributed by atoms with Crippen LogP contribution in [0.3, 0.4) is 0 Å². The minimum atomic E-state index is -0.345. The molecule has 2 unspecified atom stereocenters. The summed E-state index contributed by atoms with van der Waals surface area (Å²) in [7, 11) is 0. The molecule has 0 saturated heterocycles. The average Bonchev–Trinajstić information content (AvgIpc) is 3.17. The summed E-state index contributed by atoms with van der Waals surface area (Å²) in [4.78, 5) is 13.2. The molecule has 0 radical (unpaired) electrons. The molecule has 2 atom stereocenters. The zero-order valence-electron chi connectivity index (χ0n) is 15.1. The predicted molar refractivity (Wildman–Crippen MR) is 106 cm³/mol. The lowest BCUT2D eigenvalue weighted by Crippen LogP contribution is -2.26. The number of benzene rings is 2. The van der Waals surface area contributed by atoms with E-state index in [0.29, 0.717) is 24.2 Å². The van der Waals surface area contributed by atoms with Gasteiger partial charge in [0.25, 0.3) is 0 Å². The van der Waals surface area contributed by atoms with Crippen LogP contribution in [0, 0.1) is 5.82 Å². The molecule has 5 rings (SSSR count). The van der Waals surface area contributed by atoms with Gasteiger partial charge in [-0.2, -0.15) is 0 Å². The second kappa shape index (κ2) is 6.68. The van der Waals surface area contributed by atoms with Crippen LogP contribution in [0.5, 0.6) is 0 Å². The van der Waals surface area contributed by atoms with Crippen LogP contribution in [0.1, 0.15) is 36.1 Å². The van der Waals surface area contributed by atoms with Crippen LogP contribution >= 0.6 is 0 Å². The number of nitrogens with one attached hydrogen (secondary N) is 2. The normalized spacial score (nSPS) is 21.2. The number of Topliss-reactive ketones (excluding diaryl/α,β-unsaturated/α-hetero) is 1. The first-order valence-corrected chi connectivity index (χ1v) is 9.37. The molecule has 1 aliphatic carbocycles. The number of carbonyl (C=O) groups is 1. The molecule has 0 bridgehead atoms. The summed E-state index contributed by atoms with van der Waals surface area (Å²) in [6.45, 7) is 0. The summed E-state index contributed by atoms with van der Waals surface area (Å²) in [5, 5.41) is 6.94. The van der Waals surface area contributed by atoms with Gasteiger partial charge in [0.05, 0.1) is 17.6 Å². The number of hydrogen-bond donors (Lipinski definition) is 2. The van der Waals surface area contributed by atoms with Gasteiger partial charge in [-0.15, -0.1) is 0 Å². The van der Waals surface area contributed by atoms with Crippen LogP contribution in [0.25, 0.3) is 0 Å². The Bertz CT molecular complexity index is 1050. The van der Waals surface area contributed by atoms with Crippen molar-refractivity contribution in [2.24, 2.45) is 0 Å². The standard InChI is InChI=1S/C23H19FN2O2/c24-16-9-7-14(8-10-16)15-12-19-22(20(27)13-15)23(21-6-3-11-28-21)26-18-5-2-1-4-17(18)25-19/h1-11,15,23,25-26H,12-13H2. The van der Waals surface area contributed by atoms with Crippen molar-refractivity contribution in [3.8, 4) is 0 Å². The second-order valence-electron chi connectivity index (χ2n) is 7.24. The smallest absolute Gasteiger partial charge is 0.163 e. The van der Waals surface area contributed by atoms with Gasteiger partial charge in [-0.1, -0.05) is 24.3 Å². The maximum atomic E-state index is 13.3. The number of carbonyl (C=O) groups excluding carboxylic acids is 1. The third kappa shape index (κ3) is 2.89. The zero-order chi connectivity index (χ0) is 19.1. The van der Waals surface area contributed by atoms with Crippen molar-refractivity contribution < 1.29 is 13.6 Å². The molecule has 2 heterocycles. The lowest BCUT2D eigenvalue weighted by molar-refractivity contribution is -0.116. The van der Waals surface area contributed by atoms with E-state index in [1.54, 1.807) is 18.4 Å². The van der Waals surface area contributed by atoms with E-state index >= 15 is 0 Å². The molecule has 4 nitrogen and oxygen atoms in total. The summed E-state index contributed by atoms with van der Waals surface area (Å²) in [6.07, 6.45) is 2.69. The Hall–Kier alpha value is -3.34. The molecule has 2 N–H and O–H groups in total. The van der Waals surface area contributed by atoms with E-state index < -0.39 is 0 Å². The van der Waals surface area contributed by atoms with Crippen LogP contribution in [0.2, 0.25) is 0 Å². The van der Waals surface area contributed by atoms with Crippen molar-refractivity contribution >= 4 is 17.2 Å². The predicted octanol–water partition coefficient (Wildman–Crippen LogP) is 5.40. The molecule has 0 spiro atoms. The average molecular weight is 374 g/mol. The highest BCUT2D eigenvalue weighted by Gasteiger charge is 2.37. The van der Waals surface area contributed by atoms with Crippen molar-refractivity contribution in [2.75, 3.05) is 10.6 Å². The largest absolute Gasteiger partial charge is 0.467 e. The molecule has 2 aliphatic rings. The first-order chi connectivity index (χ1) is 13.7. The van der Waals surface area contributed by atoms with E-state index in [-0.39, 0.29) is 23.6 Å². The number of anilines is 2. The van der Waals surface area contributed by atoms with Crippen LogP contribution in [-0.2, 0) is 4.79 Å². The number of rotatable bonds is 2. The molecular formula is C23H19FN2O2. The van der Waals surface area contributed by atoms with Crippen LogP contribution < -0.4 is 10.6 Å². The lowest BCUT2D eigenvalue weighted by Gasteiger charge is -2.29. The van der Waals surface area contributed by atoms with E-state index in [4.69, 9.17) is 4.42 Å². The molecule has 28 heavy (non-hydrogen) atoms. The van der Waals surface area contributed by atoms with E-state index in [1.807, 2.05) is 36.4 Å². The minimum absolute atomic E-state index is 0.0156. The first kappa shape index (κ1) is 16.8. The number of ketones is 1. The highest BCUT2D eigenvalue weighted by Crippen LogP contribution is 2.44. The number of furan rings is 1. The van der Waals surface area contributed by atoms with Gasteiger partial charge < -0.3 is 15.1 Å². The Morgan fingerprint density at radius 3 is 2.46 bits per heavy atom. The maximum absolute atomic E-state index is 13.3. The third-order valence-electron chi connectivity index (χ3n) is 5.48. The molecule has 2 aromatic carbocycles. The van der Waals surface area contributed by atoms with E-state index in [2.05, 4.69) is 10.6 Å². The Morgan fingerprint density at radius 1 is 0.929 bits per heavy atom. The Labute approximate surface area is 162 Å². The number of para-hydroxylation sites is 2. The molecule has 0 saturated carbocycles. The van der Waals surface area contributed by atoms with Gasteiger partial charge in [-0.3, -0.25) is 4.79 Å². The van der Waals surface area contributed by atoms with Gasteiger partial charge in [0.1, 0.15) is 17.6 Å². The summed E-state index contributed by atoms with van der Waals surface area (Å²) >= 11 is 0. The molecule has 5 heteroatoms. The van der Waals surface area contributed by atoms with Crippen molar-refractivity contribution in [1.82, 2.24) is 0 Å². The number of fused-ring (bicyclic) bond motifs is 1. The Kier molecular flexibility index (Phi) is 4.01. The highest BCUT2D eigenvalue weighted by molar-refractivity contribution is 6.01. The third-order valence-corrected chi connectivity index (χ3v) is 5.48. The summed E-state index contributed by atoms with van der Waals surface area (Å²) in [5.41, 5.74) is 4.43. The molecule has 0 amide bonds. The van der Waals surface area contributed by atoms with Gasteiger partial charge in [0.15, 0.2) is 5.78 Å². The molecule has 140 valence electrons. The number of allylic oxidation sites excluding steroid dienone is 1. The second-order valence-corrected chi connectivity index (χ2v) is 7.24. The quantitative estimate of drug-likeness (QED) is 0.631. The monoisotopic (exact) mass is 374 g/mol. The SMILES string of the molecule is O=C1CC(c2ccc(F)cc2)CC2=C1C(c1ccco1)Nc1ccccc1N2. The van der Waals surface area contributed by atoms with Crippen molar-refractivity contribution in [1.29, 1.82) is 0 Å². The van der Waals surface area contributed by atoms with Crippen molar-refractivity contribution in [3.63, 3.8) is 0 Å². The maximum Gasteiger partial charge on any atom is 0.163 e. The van der Waals surface area contributed by atoms with Crippen LogP contribution in [0.4, 0.5) is 15.8 Å². The van der Waals surface area contributed by atoms with E-state index in [0.717, 1.165) is 22.6 Å². The van der Waals surface area contributed by atoms with Gasteiger partial charge in [-0.25, -0.2) is 4.39 Å². The van der Waals surface area contributed by atoms with Crippen LogP contribution in [0.15, 0.2) is 82.6 Å². The van der Waals surface area contributed by atoms with Crippen LogP contribution in [-0.4, -0.2) is 5.78 Å². The highest BCUT2D eigenvalue weighted by atomic mass is 19.1. The molecule has 0 fully saturated rings. The Morgan fingerprint density at radius 2 is 1.71 bits per heavy atom. The minimum Gasteiger partial charge on any atom is -0.467 e. The molecular weight excluding hydrogens is 355 g/mol. The van der Waals surface area contributed by atoms with E-state index in [1.165, 1.54) is 12.1 Å². The molecule has 1 aliphatic heterocycles. The van der Waals surface area contributed by atoms with Gasteiger partial charge >= 0.3 is 0 Å². The summed E-state index contributed by atoms with van der Waals surface area (Å²) in [5.74, 6) is 0.528. The molecule has 1 aromatic heterocycles. The van der Waals surface area contributed by atoms with E-state index in [9.17, 15) is 9.18 Å². The Balaban J connectivity index is 1.59. The number of halogens is 1. The van der Waals surface area contributed by atoms with Gasteiger partial charge in [0, 0.05) is 17.7 Å². The molecule has 3 aromatic rings. The fourth-order valence-corrected chi connectivity index (χ4v) is 4.13. The lowest BCUT2D eigenvalue weighted by atomic mass is 9.79. The van der Waals surface area contributed by atoms with Crippen molar-refractivity contribution in [3.05, 3.63) is 95.3 Å².